The van der Waals surface area contributed by atoms with Gasteiger partial charge in [0.05, 0.1) is 18.7 Å². The van der Waals surface area contributed by atoms with Crippen molar-refractivity contribution in [3.05, 3.63) is 0 Å². The van der Waals surface area contributed by atoms with E-state index in [-0.39, 0.29) is 6.04 Å². The summed E-state index contributed by atoms with van der Waals surface area (Å²) in [5.41, 5.74) is 0. The molecule has 2 aliphatic rings. The maximum atomic E-state index is 10.3. The van der Waals surface area contributed by atoms with Crippen LogP contribution in [-0.2, 0) is 9.53 Å². The first-order valence-electron chi connectivity index (χ1n) is 9.02. The Morgan fingerprint density at radius 1 is 1.00 bits per heavy atom. The van der Waals surface area contributed by atoms with E-state index in [0.717, 1.165) is 37.7 Å². The standard InChI is InChI=1S/C18H30N2O2/c1-2-11-22-14-20-18-9-5-16(6-10-18)12-15-3-7-17(8-4-15)19-13-21/h14-18H,2-12H2,1H3. The lowest BCUT2D eigenvalue weighted by molar-refractivity contribution is 0.225. The second-order valence-corrected chi connectivity index (χ2v) is 6.93. The summed E-state index contributed by atoms with van der Waals surface area (Å²) in [5, 5.41) is 0. The first-order valence-corrected chi connectivity index (χ1v) is 9.02. The second kappa shape index (κ2) is 9.78. The minimum absolute atomic E-state index is 0.252. The smallest absolute Gasteiger partial charge is 0.235 e. The zero-order chi connectivity index (χ0) is 15.6. The number of hydrogen-bond donors (Lipinski definition) is 0. The quantitative estimate of drug-likeness (QED) is 0.305. The highest BCUT2D eigenvalue weighted by molar-refractivity contribution is 5.46. The van der Waals surface area contributed by atoms with Crippen LogP contribution in [0.5, 0.6) is 0 Å². The Hall–Kier alpha value is -1.15. The number of nitrogens with zero attached hydrogens (tertiary/aromatic N) is 2. The third kappa shape index (κ3) is 5.92. The molecule has 0 amide bonds. The molecule has 4 heteroatoms. The van der Waals surface area contributed by atoms with Gasteiger partial charge >= 0.3 is 0 Å². The molecule has 0 aromatic rings. The van der Waals surface area contributed by atoms with Gasteiger partial charge in [-0.2, -0.15) is 0 Å². The van der Waals surface area contributed by atoms with Gasteiger partial charge in [0.25, 0.3) is 0 Å². The molecule has 0 heterocycles. The van der Waals surface area contributed by atoms with E-state index in [1.165, 1.54) is 44.9 Å². The van der Waals surface area contributed by atoms with Crippen LogP contribution in [0.25, 0.3) is 0 Å². The molecule has 2 fully saturated rings. The molecule has 0 unspecified atom stereocenters. The fourth-order valence-corrected chi connectivity index (χ4v) is 3.88. The van der Waals surface area contributed by atoms with Gasteiger partial charge in [0.15, 0.2) is 6.40 Å². The van der Waals surface area contributed by atoms with Gasteiger partial charge in [-0.1, -0.05) is 6.92 Å². The van der Waals surface area contributed by atoms with Crippen LogP contribution >= 0.6 is 0 Å². The molecular formula is C18H30N2O2. The van der Waals surface area contributed by atoms with E-state index < -0.39 is 0 Å². The summed E-state index contributed by atoms with van der Waals surface area (Å²) in [5.74, 6) is 1.72. The van der Waals surface area contributed by atoms with Crippen molar-refractivity contribution in [2.24, 2.45) is 21.8 Å². The first kappa shape index (κ1) is 17.2. The SMILES string of the molecule is CCCOC=NC1CCC(CC2CCC(N=C=O)CC2)CC1. The molecule has 124 valence electrons. The van der Waals surface area contributed by atoms with E-state index in [1.807, 2.05) is 0 Å². The van der Waals surface area contributed by atoms with Crippen LogP contribution in [0.3, 0.4) is 0 Å². The Morgan fingerprint density at radius 3 is 2.14 bits per heavy atom. The number of carbonyl (C=O) groups excluding carboxylic acids is 1. The summed E-state index contributed by atoms with van der Waals surface area (Å²) < 4.78 is 5.34. The summed E-state index contributed by atoms with van der Waals surface area (Å²) in [6, 6.07) is 0.729. The van der Waals surface area contributed by atoms with Crippen LogP contribution < -0.4 is 0 Å². The predicted molar refractivity (Wildman–Crippen MR) is 89.0 cm³/mol. The van der Waals surface area contributed by atoms with Crippen molar-refractivity contribution in [1.29, 1.82) is 0 Å². The number of aliphatic imine (C=N–C) groups is 2. The van der Waals surface area contributed by atoms with Crippen LogP contribution in [0, 0.1) is 11.8 Å². The lowest BCUT2D eigenvalue weighted by atomic mass is 9.76. The van der Waals surface area contributed by atoms with Gasteiger partial charge in [0.1, 0.15) is 0 Å². The number of hydrogen-bond acceptors (Lipinski definition) is 4. The molecule has 0 N–H and O–H groups in total. The summed E-state index contributed by atoms with van der Waals surface area (Å²) >= 11 is 0. The maximum absolute atomic E-state index is 10.3. The van der Waals surface area contributed by atoms with Crippen molar-refractivity contribution in [3.8, 4) is 0 Å². The molecule has 0 radical (unpaired) electrons. The fourth-order valence-electron chi connectivity index (χ4n) is 3.88. The molecule has 0 atom stereocenters. The maximum Gasteiger partial charge on any atom is 0.235 e. The summed E-state index contributed by atoms with van der Waals surface area (Å²) in [7, 11) is 0. The van der Waals surface area contributed by atoms with Crippen molar-refractivity contribution in [1.82, 2.24) is 0 Å². The van der Waals surface area contributed by atoms with E-state index in [9.17, 15) is 4.79 Å². The molecule has 0 aliphatic heterocycles. The average Bonchev–Trinajstić information content (AvgIpc) is 2.55. The third-order valence-corrected chi connectivity index (χ3v) is 5.20. The molecule has 2 saturated carbocycles. The highest BCUT2D eigenvalue weighted by atomic mass is 16.5. The van der Waals surface area contributed by atoms with Gasteiger partial charge in [-0.25, -0.2) is 9.79 Å². The second-order valence-electron chi connectivity index (χ2n) is 6.93. The Morgan fingerprint density at radius 2 is 1.59 bits per heavy atom. The molecule has 0 bridgehead atoms. The highest BCUT2D eigenvalue weighted by Crippen LogP contribution is 2.36. The van der Waals surface area contributed by atoms with Gasteiger partial charge in [0.2, 0.25) is 6.08 Å². The van der Waals surface area contributed by atoms with Crippen molar-refractivity contribution in [2.75, 3.05) is 6.61 Å². The molecule has 0 aromatic carbocycles. The molecule has 0 spiro atoms. The zero-order valence-corrected chi connectivity index (χ0v) is 13.9. The largest absolute Gasteiger partial charge is 0.483 e. The summed E-state index contributed by atoms with van der Waals surface area (Å²) in [6.07, 6.45) is 15.4. The van der Waals surface area contributed by atoms with Crippen LogP contribution in [0.15, 0.2) is 9.98 Å². The normalized spacial score (nSPS) is 32.6. The fraction of sp³-hybridized carbons (Fsp3) is 0.889. The minimum atomic E-state index is 0.252. The Labute approximate surface area is 134 Å². The molecule has 2 aliphatic carbocycles. The van der Waals surface area contributed by atoms with Crippen LogP contribution in [0.4, 0.5) is 0 Å². The molecular weight excluding hydrogens is 276 g/mol. The minimum Gasteiger partial charge on any atom is -0.483 e. The van der Waals surface area contributed by atoms with Gasteiger partial charge < -0.3 is 4.74 Å². The Bertz CT molecular complexity index is 375. The van der Waals surface area contributed by atoms with Gasteiger partial charge in [-0.3, -0.25) is 4.99 Å². The number of rotatable bonds is 7. The molecule has 0 aromatic heterocycles. The van der Waals surface area contributed by atoms with Crippen LogP contribution in [-0.4, -0.2) is 31.2 Å². The first-order chi connectivity index (χ1) is 10.8. The molecule has 2 rings (SSSR count). The number of isocyanates is 1. The number of ether oxygens (including phenoxy) is 1. The van der Waals surface area contributed by atoms with E-state index in [1.54, 1.807) is 12.5 Å². The lowest BCUT2D eigenvalue weighted by Gasteiger charge is -2.32. The summed E-state index contributed by atoms with van der Waals surface area (Å²) in [4.78, 5) is 18.7. The van der Waals surface area contributed by atoms with Crippen LogP contribution in [0.1, 0.15) is 71.1 Å². The van der Waals surface area contributed by atoms with Gasteiger partial charge in [-0.15, -0.1) is 0 Å². The van der Waals surface area contributed by atoms with Gasteiger partial charge in [-0.05, 0) is 76.0 Å². The van der Waals surface area contributed by atoms with Crippen LogP contribution in [0.2, 0.25) is 0 Å². The van der Waals surface area contributed by atoms with E-state index >= 15 is 0 Å². The van der Waals surface area contributed by atoms with E-state index in [4.69, 9.17) is 4.74 Å². The Kier molecular flexibility index (Phi) is 7.65. The van der Waals surface area contributed by atoms with Crippen molar-refractivity contribution in [2.45, 2.75) is 83.2 Å². The topological polar surface area (TPSA) is 51.0 Å². The Balaban J connectivity index is 1.61. The van der Waals surface area contributed by atoms with E-state index in [2.05, 4.69) is 16.9 Å². The average molecular weight is 306 g/mol. The molecule has 22 heavy (non-hydrogen) atoms. The molecule has 0 saturated heterocycles. The van der Waals surface area contributed by atoms with Crippen molar-refractivity contribution < 1.29 is 9.53 Å². The van der Waals surface area contributed by atoms with Crippen molar-refractivity contribution >= 4 is 12.5 Å². The third-order valence-electron chi connectivity index (χ3n) is 5.20. The lowest BCUT2D eigenvalue weighted by Crippen LogP contribution is -2.23. The highest BCUT2D eigenvalue weighted by Gasteiger charge is 2.26. The molecule has 4 nitrogen and oxygen atoms in total. The zero-order valence-electron chi connectivity index (χ0n) is 13.9. The predicted octanol–water partition coefficient (Wildman–Crippen LogP) is 4.28. The van der Waals surface area contributed by atoms with Crippen molar-refractivity contribution in [3.63, 3.8) is 0 Å². The summed E-state index contributed by atoms with van der Waals surface area (Å²) in [6.45, 7) is 2.88. The van der Waals surface area contributed by atoms with E-state index in [0.29, 0.717) is 6.04 Å². The van der Waals surface area contributed by atoms with Gasteiger partial charge in [0, 0.05) is 0 Å². The monoisotopic (exact) mass is 306 g/mol.